The SMILES string of the molecule is COc1ccc(-c2[nH]c(-c3cc(C)c(O)c(C)c3P(=O)(O)O)nc2-c2ccc(C=O)cc2)cc1. The van der Waals surface area contributed by atoms with E-state index in [4.69, 9.17) is 9.72 Å². The number of aromatic hydroxyl groups is 1. The van der Waals surface area contributed by atoms with Gasteiger partial charge in [0.15, 0.2) is 0 Å². The van der Waals surface area contributed by atoms with Gasteiger partial charge in [0.2, 0.25) is 0 Å². The molecule has 8 nitrogen and oxygen atoms in total. The Morgan fingerprint density at radius 3 is 2.18 bits per heavy atom. The fraction of sp³-hybridized carbons (Fsp3) is 0.120. The van der Waals surface area contributed by atoms with E-state index in [0.29, 0.717) is 33.8 Å². The van der Waals surface area contributed by atoms with E-state index in [9.17, 15) is 24.3 Å². The van der Waals surface area contributed by atoms with E-state index in [1.807, 2.05) is 12.1 Å². The summed E-state index contributed by atoms with van der Waals surface area (Å²) in [7, 11) is -3.18. The summed E-state index contributed by atoms with van der Waals surface area (Å²) < 4.78 is 17.6. The number of aldehydes is 1. The van der Waals surface area contributed by atoms with Crippen molar-refractivity contribution in [2.24, 2.45) is 0 Å². The Kier molecular flexibility index (Phi) is 6.15. The molecular weight excluding hydrogens is 455 g/mol. The fourth-order valence-electron chi connectivity index (χ4n) is 3.91. The number of ether oxygens (including phenoxy) is 1. The molecule has 0 unspecified atom stereocenters. The lowest BCUT2D eigenvalue weighted by molar-refractivity contribution is 0.112. The molecule has 0 aliphatic carbocycles. The van der Waals surface area contributed by atoms with Crippen molar-refractivity contribution in [2.45, 2.75) is 13.8 Å². The van der Waals surface area contributed by atoms with Crippen LogP contribution in [0.5, 0.6) is 11.5 Å². The highest BCUT2D eigenvalue weighted by molar-refractivity contribution is 7.60. The molecule has 0 fully saturated rings. The zero-order valence-electron chi connectivity index (χ0n) is 18.7. The van der Waals surface area contributed by atoms with Gasteiger partial charge in [-0.05, 0) is 49.7 Å². The number of hydrogen-bond acceptors (Lipinski definition) is 5. The minimum Gasteiger partial charge on any atom is -0.507 e. The molecule has 3 aromatic carbocycles. The van der Waals surface area contributed by atoms with Crippen LogP contribution in [0.2, 0.25) is 0 Å². The highest BCUT2D eigenvalue weighted by atomic mass is 31.2. The van der Waals surface area contributed by atoms with Crippen LogP contribution in [-0.4, -0.2) is 38.3 Å². The molecule has 1 heterocycles. The summed E-state index contributed by atoms with van der Waals surface area (Å²) in [5, 5.41) is 10.0. The van der Waals surface area contributed by atoms with E-state index in [-0.39, 0.29) is 28.0 Å². The van der Waals surface area contributed by atoms with E-state index in [1.165, 1.54) is 13.0 Å². The van der Waals surface area contributed by atoms with Gasteiger partial charge in [-0.3, -0.25) is 9.36 Å². The number of nitrogens with zero attached hydrogens (tertiary/aromatic N) is 1. The first-order valence-electron chi connectivity index (χ1n) is 10.3. The van der Waals surface area contributed by atoms with Gasteiger partial charge in [-0.15, -0.1) is 0 Å². The van der Waals surface area contributed by atoms with Gasteiger partial charge in [0.25, 0.3) is 0 Å². The summed E-state index contributed by atoms with van der Waals surface area (Å²) in [6, 6.07) is 15.6. The molecule has 4 N–H and O–H groups in total. The van der Waals surface area contributed by atoms with Gasteiger partial charge in [0.1, 0.15) is 23.6 Å². The summed E-state index contributed by atoms with van der Waals surface area (Å²) in [5.41, 5.74) is 3.93. The van der Waals surface area contributed by atoms with Gasteiger partial charge in [0.05, 0.1) is 23.8 Å². The number of carbonyl (C=O) groups is 1. The van der Waals surface area contributed by atoms with Crippen LogP contribution in [0.4, 0.5) is 0 Å². The molecule has 174 valence electrons. The molecule has 4 aromatic rings. The maximum Gasteiger partial charge on any atom is 0.357 e. The van der Waals surface area contributed by atoms with Gasteiger partial charge < -0.3 is 24.6 Å². The lowest BCUT2D eigenvalue weighted by Gasteiger charge is -2.15. The Morgan fingerprint density at radius 1 is 1.00 bits per heavy atom. The largest absolute Gasteiger partial charge is 0.507 e. The molecule has 0 amide bonds. The van der Waals surface area contributed by atoms with Crippen LogP contribution < -0.4 is 10.0 Å². The van der Waals surface area contributed by atoms with Gasteiger partial charge in [-0.2, -0.15) is 0 Å². The molecule has 34 heavy (non-hydrogen) atoms. The highest BCUT2D eigenvalue weighted by Crippen LogP contribution is 2.43. The molecule has 0 saturated heterocycles. The zero-order valence-corrected chi connectivity index (χ0v) is 19.6. The fourth-order valence-corrected chi connectivity index (χ4v) is 4.94. The molecule has 1 aromatic heterocycles. The second-order valence-corrected chi connectivity index (χ2v) is 9.42. The summed E-state index contributed by atoms with van der Waals surface area (Å²) in [4.78, 5) is 39.1. The monoisotopic (exact) mass is 478 g/mol. The van der Waals surface area contributed by atoms with Crippen molar-refractivity contribution in [3.8, 4) is 45.4 Å². The maximum atomic E-state index is 12.4. The summed E-state index contributed by atoms with van der Waals surface area (Å²) in [6.07, 6.45) is 0.748. The van der Waals surface area contributed by atoms with E-state index in [0.717, 1.165) is 11.8 Å². The second-order valence-electron chi connectivity index (χ2n) is 7.88. The number of nitrogens with one attached hydrogen (secondary N) is 1. The van der Waals surface area contributed by atoms with Crippen molar-refractivity contribution in [1.29, 1.82) is 0 Å². The lowest BCUT2D eigenvalue weighted by Crippen LogP contribution is -2.14. The summed E-state index contributed by atoms with van der Waals surface area (Å²) >= 11 is 0. The first-order chi connectivity index (χ1) is 16.1. The van der Waals surface area contributed by atoms with Gasteiger partial charge in [-0.25, -0.2) is 4.98 Å². The smallest absolute Gasteiger partial charge is 0.357 e. The number of aryl methyl sites for hydroxylation is 1. The average molecular weight is 478 g/mol. The van der Waals surface area contributed by atoms with Crippen molar-refractivity contribution in [1.82, 2.24) is 9.97 Å². The van der Waals surface area contributed by atoms with Crippen LogP contribution in [0.1, 0.15) is 21.5 Å². The number of rotatable bonds is 6. The van der Waals surface area contributed by atoms with Crippen LogP contribution in [0.3, 0.4) is 0 Å². The number of phenolic OH excluding ortho intramolecular Hbond substituents is 1. The van der Waals surface area contributed by atoms with E-state index >= 15 is 0 Å². The predicted molar refractivity (Wildman–Crippen MR) is 130 cm³/mol. The van der Waals surface area contributed by atoms with Crippen molar-refractivity contribution >= 4 is 19.2 Å². The molecule has 9 heteroatoms. The van der Waals surface area contributed by atoms with Crippen LogP contribution >= 0.6 is 7.60 Å². The third kappa shape index (κ3) is 4.26. The maximum absolute atomic E-state index is 12.4. The van der Waals surface area contributed by atoms with E-state index < -0.39 is 7.60 Å². The number of carbonyl (C=O) groups excluding carboxylic acids is 1. The Labute approximate surface area is 196 Å². The molecule has 0 saturated carbocycles. The summed E-state index contributed by atoms with van der Waals surface area (Å²) in [5.74, 6) is 0.743. The zero-order chi connectivity index (χ0) is 24.6. The minimum atomic E-state index is -4.75. The van der Waals surface area contributed by atoms with Crippen LogP contribution in [0.15, 0.2) is 54.6 Å². The van der Waals surface area contributed by atoms with Crippen molar-refractivity contribution < 1.29 is 29.0 Å². The quantitative estimate of drug-likeness (QED) is 0.239. The molecule has 4 rings (SSSR count). The molecule has 0 radical (unpaired) electrons. The molecule has 0 bridgehead atoms. The first kappa shape index (κ1) is 23.4. The first-order valence-corrected chi connectivity index (χ1v) is 11.9. The predicted octanol–water partition coefficient (Wildman–Crippen LogP) is 4.36. The molecular formula is C25H23N2O6P. The molecule has 0 aliphatic heterocycles. The van der Waals surface area contributed by atoms with Crippen LogP contribution in [-0.2, 0) is 4.57 Å². The van der Waals surface area contributed by atoms with Gasteiger partial charge in [-0.1, -0.05) is 24.3 Å². The second kappa shape index (κ2) is 8.91. The number of hydrogen-bond donors (Lipinski definition) is 4. The van der Waals surface area contributed by atoms with Crippen LogP contribution in [0, 0.1) is 13.8 Å². The number of imidazole rings is 1. The van der Waals surface area contributed by atoms with E-state index in [2.05, 4.69) is 4.98 Å². The Bertz CT molecular complexity index is 1420. The van der Waals surface area contributed by atoms with E-state index in [1.54, 1.807) is 50.4 Å². The van der Waals surface area contributed by atoms with Crippen molar-refractivity contribution in [3.05, 3.63) is 71.3 Å². The third-order valence-electron chi connectivity index (χ3n) is 5.65. The van der Waals surface area contributed by atoms with Gasteiger partial charge >= 0.3 is 7.60 Å². The number of phenols is 1. The standard InChI is InChI=1S/C25H23N2O6P/c1-14-12-20(24(34(30,31)32)15(2)23(14)29)25-26-21(17-6-4-16(13-28)5-7-17)22(27-25)18-8-10-19(33-3)11-9-18/h4-13,29H,1-3H3,(H,26,27)(H2,30,31,32). The summed E-state index contributed by atoms with van der Waals surface area (Å²) in [6.45, 7) is 3.12. The third-order valence-corrected chi connectivity index (χ3v) is 6.81. The van der Waals surface area contributed by atoms with Crippen LogP contribution in [0.25, 0.3) is 33.9 Å². The topological polar surface area (TPSA) is 133 Å². The normalized spacial score (nSPS) is 11.4. The molecule has 0 aliphatic rings. The number of aromatic amines is 1. The Hall–Kier alpha value is -3.71. The van der Waals surface area contributed by atoms with Crippen molar-refractivity contribution in [2.75, 3.05) is 7.11 Å². The number of benzene rings is 3. The molecule has 0 atom stereocenters. The number of methoxy groups -OCH3 is 1. The minimum absolute atomic E-state index is 0.0996. The van der Waals surface area contributed by atoms with Gasteiger partial charge in [0, 0.05) is 27.8 Å². The Morgan fingerprint density at radius 2 is 1.62 bits per heavy atom. The lowest BCUT2D eigenvalue weighted by atomic mass is 10.0. The number of aromatic nitrogens is 2. The van der Waals surface area contributed by atoms with Crippen molar-refractivity contribution in [3.63, 3.8) is 0 Å². The number of H-pyrrole nitrogens is 1. The average Bonchev–Trinajstić information content (AvgIpc) is 3.27. The Balaban J connectivity index is 1.99. The highest BCUT2D eigenvalue weighted by Gasteiger charge is 2.29. The molecule has 0 spiro atoms.